The van der Waals surface area contributed by atoms with E-state index >= 15 is 0 Å². The first-order chi connectivity index (χ1) is 11.9. The van der Waals surface area contributed by atoms with Gasteiger partial charge in [0.25, 0.3) is 5.69 Å². The van der Waals surface area contributed by atoms with Crippen LogP contribution in [-0.2, 0) is 9.59 Å². The molecule has 1 atom stereocenters. The Hall–Kier alpha value is -2.87. The van der Waals surface area contributed by atoms with Crippen LogP contribution >= 0.6 is 11.8 Å². The molecule has 7 nitrogen and oxygen atoms in total. The molecule has 128 valence electrons. The van der Waals surface area contributed by atoms with Gasteiger partial charge in [-0.2, -0.15) is 0 Å². The summed E-state index contributed by atoms with van der Waals surface area (Å²) in [5.74, 6) is -0.525. The number of nitro groups is 1. The summed E-state index contributed by atoms with van der Waals surface area (Å²) < 4.78 is 0. The van der Waals surface area contributed by atoms with Crippen molar-refractivity contribution in [3.63, 3.8) is 0 Å². The number of fused-ring (bicyclic) bond motifs is 1. The van der Waals surface area contributed by atoms with Crippen LogP contribution in [0.5, 0.6) is 0 Å². The number of carbonyl (C=O) groups excluding carboxylic acids is 2. The number of anilines is 2. The zero-order valence-corrected chi connectivity index (χ0v) is 14.1. The molecule has 0 fully saturated rings. The van der Waals surface area contributed by atoms with Crippen molar-refractivity contribution in [3.8, 4) is 0 Å². The molecule has 0 saturated carbocycles. The van der Waals surface area contributed by atoms with E-state index in [1.807, 2.05) is 24.3 Å². The second kappa shape index (κ2) is 6.94. The van der Waals surface area contributed by atoms with Crippen LogP contribution in [0.25, 0.3) is 0 Å². The molecule has 2 amide bonds. The monoisotopic (exact) mass is 357 g/mol. The van der Waals surface area contributed by atoms with Crippen molar-refractivity contribution in [3.05, 3.63) is 58.1 Å². The Labute approximate surface area is 148 Å². The smallest absolute Gasteiger partial charge is 0.269 e. The first-order valence-corrected chi connectivity index (χ1v) is 8.43. The average Bonchev–Trinajstić information content (AvgIpc) is 2.57. The minimum Gasteiger partial charge on any atom is -0.326 e. The number of para-hydroxylation sites is 1. The highest BCUT2D eigenvalue weighted by molar-refractivity contribution is 8.01. The fraction of sp³-hybridized carbons (Fsp3) is 0.176. The number of benzene rings is 2. The molecule has 2 aromatic rings. The van der Waals surface area contributed by atoms with Gasteiger partial charge in [0, 0.05) is 29.1 Å². The molecule has 0 aromatic heterocycles. The van der Waals surface area contributed by atoms with Crippen LogP contribution in [0.3, 0.4) is 0 Å². The Morgan fingerprint density at radius 2 is 2.08 bits per heavy atom. The van der Waals surface area contributed by atoms with E-state index in [2.05, 4.69) is 10.6 Å². The molecule has 0 spiro atoms. The SMILES string of the molecule is Cc1cc([N+](=O)[O-])ccc1NC(=O)CC1Sc2ccccc2NC1=O. The number of non-ortho nitro benzene ring substituents is 1. The number of nitrogens with zero attached hydrogens (tertiary/aromatic N) is 1. The van der Waals surface area contributed by atoms with Crippen LogP contribution < -0.4 is 10.6 Å². The van der Waals surface area contributed by atoms with E-state index in [-0.39, 0.29) is 23.9 Å². The van der Waals surface area contributed by atoms with Gasteiger partial charge in [-0.15, -0.1) is 11.8 Å². The van der Waals surface area contributed by atoms with E-state index < -0.39 is 10.2 Å². The fourth-order valence-electron chi connectivity index (χ4n) is 2.50. The van der Waals surface area contributed by atoms with Gasteiger partial charge in [0.1, 0.15) is 0 Å². The second-order valence-electron chi connectivity index (χ2n) is 5.60. The molecule has 2 aromatic carbocycles. The summed E-state index contributed by atoms with van der Waals surface area (Å²) in [6, 6.07) is 11.6. The Morgan fingerprint density at radius 1 is 1.32 bits per heavy atom. The summed E-state index contributed by atoms with van der Waals surface area (Å²) in [5, 5.41) is 15.7. The fourth-order valence-corrected chi connectivity index (χ4v) is 3.61. The maximum absolute atomic E-state index is 12.3. The highest BCUT2D eigenvalue weighted by atomic mass is 32.2. The van der Waals surface area contributed by atoms with Crippen LogP contribution in [0.2, 0.25) is 0 Å². The van der Waals surface area contributed by atoms with Gasteiger partial charge in [-0.05, 0) is 30.7 Å². The molecular formula is C17H15N3O4S. The largest absolute Gasteiger partial charge is 0.326 e. The third-order valence-corrected chi connectivity index (χ3v) is 5.05. The van der Waals surface area contributed by atoms with Gasteiger partial charge < -0.3 is 10.6 Å². The molecular weight excluding hydrogens is 342 g/mol. The molecule has 1 heterocycles. The lowest BCUT2D eigenvalue weighted by molar-refractivity contribution is -0.384. The van der Waals surface area contributed by atoms with Crippen molar-refractivity contribution in [1.82, 2.24) is 0 Å². The van der Waals surface area contributed by atoms with E-state index in [1.165, 1.54) is 30.0 Å². The summed E-state index contributed by atoms with van der Waals surface area (Å²) in [6.07, 6.45) is 0.0151. The van der Waals surface area contributed by atoms with Crippen molar-refractivity contribution in [2.45, 2.75) is 23.5 Å². The van der Waals surface area contributed by atoms with Gasteiger partial charge in [0.2, 0.25) is 11.8 Å². The van der Waals surface area contributed by atoms with E-state index in [1.54, 1.807) is 6.92 Å². The Balaban J connectivity index is 1.67. The van der Waals surface area contributed by atoms with Crippen LogP contribution in [-0.4, -0.2) is 22.0 Å². The molecule has 0 aliphatic carbocycles. The minimum atomic E-state index is -0.520. The summed E-state index contributed by atoms with van der Waals surface area (Å²) in [6.45, 7) is 1.68. The Bertz CT molecular complexity index is 869. The average molecular weight is 357 g/mol. The van der Waals surface area contributed by atoms with E-state index in [4.69, 9.17) is 0 Å². The van der Waals surface area contributed by atoms with Crippen molar-refractivity contribution in [2.75, 3.05) is 10.6 Å². The van der Waals surface area contributed by atoms with E-state index in [0.717, 1.165) is 10.6 Å². The quantitative estimate of drug-likeness (QED) is 0.645. The summed E-state index contributed by atoms with van der Waals surface area (Å²) in [5.41, 5.74) is 1.81. The molecule has 8 heteroatoms. The summed E-state index contributed by atoms with van der Waals surface area (Å²) in [4.78, 5) is 35.6. The highest BCUT2D eigenvalue weighted by Gasteiger charge is 2.28. The summed E-state index contributed by atoms with van der Waals surface area (Å²) >= 11 is 1.35. The summed E-state index contributed by atoms with van der Waals surface area (Å²) in [7, 11) is 0. The van der Waals surface area contributed by atoms with E-state index in [9.17, 15) is 19.7 Å². The number of hydrogen-bond donors (Lipinski definition) is 2. The van der Waals surface area contributed by atoms with Gasteiger partial charge in [0.05, 0.1) is 15.9 Å². The van der Waals surface area contributed by atoms with Crippen molar-refractivity contribution >= 4 is 40.6 Å². The third kappa shape index (κ3) is 3.80. The topological polar surface area (TPSA) is 101 Å². The molecule has 0 bridgehead atoms. The molecule has 1 unspecified atom stereocenters. The Kier molecular flexibility index (Phi) is 4.71. The normalized spacial score (nSPS) is 15.9. The van der Waals surface area contributed by atoms with Gasteiger partial charge in [-0.3, -0.25) is 19.7 Å². The van der Waals surface area contributed by atoms with Gasteiger partial charge in [-0.25, -0.2) is 0 Å². The van der Waals surface area contributed by atoms with Gasteiger partial charge in [-0.1, -0.05) is 12.1 Å². The molecule has 0 saturated heterocycles. The van der Waals surface area contributed by atoms with Crippen molar-refractivity contribution in [1.29, 1.82) is 0 Å². The number of thioether (sulfide) groups is 1. The molecule has 25 heavy (non-hydrogen) atoms. The van der Waals surface area contributed by atoms with Gasteiger partial charge in [0.15, 0.2) is 0 Å². The maximum atomic E-state index is 12.3. The molecule has 1 aliphatic heterocycles. The highest BCUT2D eigenvalue weighted by Crippen LogP contribution is 2.36. The standard InChI is InChI=1S/C17H15N3O4S/c1-10-8-11(20(23)24)6-7-12(10)18-16(21)9-15-17(22)19-13-4-2-3-5-14(13)25-15/h2-8,15H,9H2,1H3,(H,18,21)(H,19,22). The molecule has 0 radical (unpaired) electrons. The lowest BCUT2D eigenvalue weighted by Gasteiger charge is -2.23. The first kappa shape index (κ1) is 17.0. The minimum absolute atomic E-state index is 0.0151. The lowest BCUT2D eigenvalue weighted by Crippen LogP contribution is -2.32. The lowest BCUT2D eigenvalue weighted by atomic mass is 10.1. The predicted molar refractivity (Wildman–Crippen MR) is 95.8 cm³/mol. The molecule has 2 N–H and O–H groups in total. The number of amides is 2. The predicted octanol–water partition coefficient (Wildman–Crippen LogP) is 3.34. The van der Waals surface area contributed by atoms with Crippen LogP contribution in [0.4, 0.5) is 17.1 Å². The van der Waals surface area contributed by atoms with Crippen molar-refractivity contribution < 1.29 is 14.5 Å². The number of nitrogens with one attached hydrogen (secondary N) is 2. The molecule has 1 aliphatic rings. The molecule has 3 rings (SSSR count). The number of nitro benzene ring substituents is 1. The zero-order chi connectivity index (χ0) is 18.0. The third-order valence-electron chi connectivity index (χ3n) is 3.77. The van der Waals surface area contributed by atoms with Crippen LogP contribution in [0, 0.1) is 17.0 Å². The van der Waals surface area contributed by atoms with Crippen LogP contribution in [0.1, 0.15) is 12.0 Å². The van der Waals surface area contributed by atoms with Crippen LogP contribution in [0.15, 0.2) is 47.4 Å². The first-order valence-electron chi connectivity index (χ1n) is 7.55. The Morgan fingerprint density at radius 3 is 2.80 bits per heavy atom. The zero-order valence-electron chi connectivity index (χ0n) is 13.3. The number of hydrogen-bond acceptors (Lipinski definition) is 5. The van der Waals surface area contributed by atoms with Gasteiger partial charge >= 0.3 is 0 Å². The second-order valence-corrected chi connectivity index (χ2v) is 6.85. The number of carbonyl (C=O) groups is 2. The maximum Gasteiger partial charge on any atom is 0.269 e. The van der Waals surface area contributed by atoms with E-state index in [0.29, 0.717) is 11.3 Å². The number of rotatable bonds is 4. The van der Waals surface area contributed by atoms with Crippen molar-refractivity contribution in [2.24, 2.45) is 0 Å². The number of aryl methyl sites for hydroxylation is 1.